The van der Waals surface area contributed by atoms with Gasteiger partial charge in [-0.15, -0.1) is 0 Å². The summed E-state index contributed by atoms with van der Waals surface area (Å²) in [5.74, 6) is 0.599. The van der Waals surface area contributed by atoms with Crippen molar-refractivity contribution in [2.45, 2.75) is 25.5 Å². The molecule has 2 N–H and O–H groups in total. The molecule has 1 aliphatic heterocycles. The zero-order valence-corrected chi connectivity index (χ0v) is 17.6. The van der Waals surface area contributed by atoms with Gasteiger partial charge in [-0.05, 0) is 49.2 Å². The number of carbonyl (C=O) groups is 2. The Morgan fingerprint density at radius 1 is 1.10 bits per heavy atom. The summed E-state index contributed by atoms with van der Waals surface area (Å²) in [5, 5.41) is 5.51. The van der Waals surface area contributed by atoms with Gasteiger partial charge in [0.25, 0.3) is 0 Å². The van der Waals surface area contributed by atoms with Gasteiger partial charge >= 0.3 is 0 Å². The fourth-order valence-electron chi connectivity index (χ4n) is 2.80. The highest BCUT2D eigenvalue weighted by Gasteiger charge is 2.32. The maximum Gasteiger partial charge on any atom is 0.240 e. The summed E-state index contributed by atoms with van der Waals surface area (Å²) < 4.78 is 10.4. The predicted molar refractivity (Wildman–Crippen MR) is 115 cm³/mol. The van der Waals surface area contributed by atoms with Gasteiger partial charge in [-0.25, -0.2) is 4.99 Å². The maximum atomic E-state index is 12.4. The van der Waals surface area contributed by atoms with E-state index < -0.39 is 5.25 Å². The molecule has 0 radical (unpaired) electrons. The minimum atomic E-state index is -0.527. The van der Waals surface area contributed by atoms with Crippen LogP contribution in [0.25, 0.3) is 0 Å². The zero-order chi connectivity index (χ0) is 21.0. The third-order valence-electron chi connectivity index (χ3n) is 4.54. The SMILES string of the molecule is COc1ccc(NC(=O)C[C@@H]2SC(=Nc3ccc(C)c(C)c3)NC2=O)cc1OC. The number of thioether (sulfide) groups is 1. The lowest BCUT2D eigenvalue weighted by atomic mass is 10.1. The van der Waals surface area contributed by atoms with Crippen LogP contribution in [0, 0.1) is 13.8 Å². The lowest BCUT2D eigenvalue weighted by Gasteiger charge is -2.11. The molecule has 1 heterocycles. The predicted octanol–water partition coefficient (Wildman–Crippen LogP) is 3.57. The fourth-order valence-corrected chi connectivity index (χ4v) is 3.79. The molecular formula is C21H23N3O4S. The van der Waals surface area contributed by atoms with Gasteiger partial charge in [-0.2, -0.15) is 0 Å². The van der Waals surface area contributed by atoms with E-state index in [-0.39, 0.29) is 18.2 Å². The number of nitrogens with zero attached hydrogens (tertiary/aromatic N) is 1. The van der Waals surface area contributed by atoms with Crippen LogP contribution < -0.4 is 20.1 Å². The highest BCUT2D eigenvalue weighted by atomic mass is 32.2. The van der Waals surface area contributed by atoms with Crippen molar-refractivity contribution in [3.05, 3.63) is 47.5 Å². The van der Waals surface area contributed by atoms with Crippen molar-refractivity contribution < 1.29 is 19.1 Å². The van der Waals surface area contributed by atoms with Crippen LogP contribution in [0.3, 0.4) is 0 Å². The Morgan fingerprint density at radius 3 is 2.55 bits per heavy atom. The second kappa shape index (κ2) is 9.00. The van der Waals surface area contributed by atoms with Gasteiger partial charge in [-0.1, -0.05) is 17.8 Å². The van der Waals surface area contributed by atoms with Crippen LogP contribution in [0.15, 0.2) is 41.4 Å². The molecule has 29 heavy (non-hydrogen) atoms. The van der Waals surface area contributed by atoms with Crippen LogP contribution in [0.5, 0.6) is 11.5 Å². The minimum absolute atomic E-state index is 0.0385. The first-order valence-corrected chi connectivity index (χ1v) is 9.93. The van der Waals surface area contributed by atoms with Gasteiger partial charge in [0.2, 0.25) is 11.8 Å². The first-order valence-electron chi connectivity index (χ1n) is 9.05. The number of carbonyl (C=O) groups excluding carboxylic acids is 2. The number of benzene rings is 2. The van der Waals surface area contributed by atoms with Crippen LogP contribution in [0.4, 0.5) is 11.4 Å². The molecule has 0 saturated carbocycles. The van der Waals surface area contributed by atoms with Crippen molar-refractivity contribution in [2.24, 2.45) is 4.99 Å². The normalized spacial score (nSPS) is 17.2. The molecule has 1 saturated heterocycles. The summed E-state index contributed by atoms with van der Waals surface area (Å²) in [5.41, 5.74) is 3.65. The molecule has 1 aliphatic rings. The van der Waals surface area contributed by atoms with E-state index >= 15 is 0 Å². The molecule has 2 aromatic rings. The van der Waals surface area contributed by atoms with E-state index in [1.807, 2.05) is 32.0 Å². The first-order chi connectivity index (χ1) is 13.9. The molecule has 0 unspecified atom stereocenters. The molecule has 2 amide bonds. The number of amides is 2. The van der Waals surface area contributed by atoms with Gasteiger partial charge in [0.1, 0.15) is 5.25 Å². The number of hydrogen-bond acceptors (Lipinski definition) is 6. The third-order valence-corrected chi connectivity index (χ3v) is 5.62. The van der Waals surface area contributed by atoms with E-state index in [9.17, 15) is 9.59 Å². The van der Waals surface area contributed by atoms with Crippen molar-refractivity contribution in [3.63, 3.8) is 0 Å². The first kappa shape index (κ1) is 20.7. The fraction of sp³-hybridized carbons (Fsp3) is 0.286. The Kier molecular flexibility index (Phi) is 6.43. The molecule has 1 fully saturated rings. The number of ether oxygens (including phenoxy) is 2. The van der Waals surface area contributed by atoms with Crippen molar-refractivity contribution >= 4 is 40.1 Å². The second-order valence-corrected chi connectivity index (χ2v) is 7.79. The van der Waals surface area contributed by atoms with Crippen LogP contribution in [0.1, 0.15) is 17.5 Å². The summed E-state index contributed by atoms with van der Waals surface area (Å²) in [6.07, 6.45) is 0.0385. The smallest absolute Gasteiger partial charge is 0.240 e. The highest BCUT2D eigenvalue weighted by molar-refractivity contribution is 8.15. The number of rotatable bonds is 6. The molecule has 8 heteroatoms. The molecule has 2 aromatic carbocycles. The molecule has 0 aliphatic carbocycles. The largest absolute Gasteiger partial charge is 0.493 e. The zero-order valence-electron chi connectivity index (χ0n) is 16.7. The van der Waals surface area contributed by atoms with E-state index in [1.165, 1.54) is 24.4 Å². The van der Waals surface area contributed by atoms with Crippen molar-refractivity contribution in [1.82, 2.24) is 5.32 Å². The van der Waals surface area contributed by atoms with Crippen molar-refractivity contribution in [3.8, 4) is 11.5 Å². The second-order valence-electron chi connectivity index (χ2n) is 6.60. The molecule has 0 spiro atoms. The van der Waals surface area contributed by atoms with Crippen molar-refractivity contribution in [1.29, 1.82) is 0 Å². The Hall–Kier alpha value is -3.00. The molecule has 1 atom stereocenters. The highest BCUT2D eigenvalue weighted by Crippen LogP contribution is 2.30. The molecule has 7 nitrogen and oxygen atoms in total. The Bertz CT molecular complexity index is 974. The van der Waals surface area contributed by atoms with Crippen LogP contribution in [0.2, 0.25) is 0 Å². The number of hydrogen-bond donors (Lipinski definition) is 2. The van der Waals surface area contributed by atoms with E-state index in [0.717, 1.165) is 11.3 Å². The molecular weight excluding hydrogens is 390 g/mol. The van der Waals surface area contributed by atoms with Crippen LogP contribution in [-0.4, -0.2) is 36.5 Å². The van der Waals surface area contributed by atoms with E-state index in [4.69, 9.17) is 9.47 Å². The molecule has 0 aromatic heterocycles. The van der Waals surface area contributed by atoms with Gasteiger partial charge < -0.3 is 20.1 Å². The number of methoxy groups -OCH3 is 2. The number of amidine groups is 1. The Morgan fingerprint density at radius 2 is 1.86 bits per heavy atom. The average Bonchev–Trinajstić information content (AvgIpc) is 3.03. The number of nitrogens with one attached hydrogen (secondary N) is 2. The summed E-state index contributed by atoms with van der Waals surface area (Å²) in [6, 6.07) is 11.0. The minimum Gasteiger partial charge on any atom is -0.493 e. The number of aliphatic imine (C=N–C) groups is 1. The van der Waals surface area contributed by atoms with Gasteiger partial charge in [0.05, 0.1) is 19.9 Å². The Balaban J connectivity index is 1.63. The van der Waals surface area contributed by atoms with Crippen molar-refractivity contribution in [2.75, 3.05) is 19.5 Å². The topological polar surface area (TPSA) is 89.0 Å². The maximum absolute atomic E-state index is 12.4. The van der Waals surface area contributed by atoms with Gasteiger partial charge in [0.15, 0.2) is 16.7 Å². The van der Waals surface area contributed by atoms with Crippen LogP contribution in [-0.2, 0) is 9.59 Å². The summed E-state index contributed by atoms with van der Waals surface area (Å²) in [7, 11) is 3.07. The summed E-state index contributed by atoms with van der Waals surface area (Å²) >= 11 is 1.26. The standard InChI is InChI=1S/C21H23N3O4S/c1-12-5-6-14(9-13(12)2)23-21-24-20(26)18(29-21)11-19(25)22-15-7-8-16(27-3)17(10-15)28-4/h5-10,18H,11H2,1-4H3,(H,22,25)(H,23,24,26)/t18-/m0/s1. The van der Waals surface area contributed by atoms with Gasteiger partial charge in [-0.3, -0.25) is 9.59 Å². The monoisotopic (exact) mass is 413 g/mol. The summed E-state index contributed by atoms with van der Waals surface area (Å²) in [4.78, 5) is 29.1. The quantitative estimate of drug-likeness (QED) is 0.756. The molecule has 3 rings (SSSR count). The lowest BCUT2D eigenvalue weighted by Crippen LogP contribution is -2.28. The molecule has 152 valence electrons. The van der Waals surface area contributed by atoms with Gasteiger partial charge in [0, 0.05) is 18.2 Å². The molecule has 0 bridgehead atoms. The Labute approximate surface area is 173 Å². The third kappa shape index (κ3) is 5.08. The lowest BCUT2D eigenvalue weighted by molar-refractivity contribution is -0.122. The van der Waals surface area contributed by atoms with E-state index in [1.54, 1.807) is 25.3 Å². The van der Waals surface area contributed by atoms with E-state index in [2.05, 4.69) is 15.6 Å². The average molecular weight is 413 g/mol. The number of anilines is 1. The number of aryl methyl sites for hydroxylation is 2. The summed E-state index contributed by atoms with van der Waals surface area (Å²) in [6.45, 7) is 4.05. The van der Waals surface area contributed by atoms with Crippen LogP contribution >= 0.6 is 11.8 Å². The van der Waals surface area contributed by atoms with E-state index in [0.29, 0.717) is 22.4 Å².